The third kappa shape index (κ3) is 3.07. The third-order valence-electron chi connectivity index (χ3n) is 2.11. The van der Waals surface area contributed by atoms with Crippen LogP contribution in [-0.2, 0) is 4.29 Å². The van der Waals surface area contributed by atoms with E-state index in [2.05, 4.69) is 25.1 Å². The summed E-state index contributed by atoms with van der Waals surface area (Å²) in [4.78, 5) is 0. The predicted octanol–water partition coefficient (Wildman–Crippen LogP) is 2.98. The fourth-order valence-electron chi connectivity index (χ4n) is 0.586. The van der Waals surface area contributed by atoms with Gasteiger partial charge in [0, 0.05) is 0 Å². The summed E-state index contributed by atoms with van der Waals surface area (Å²) in [7, 11) is 0. The zero-order valence-corrected chi connectivity index (χ0v) is 7.16. The fraction of sp³-hybridized carbons (Fsp3) is 1.00. The van der Waals surface area contributed by atoms with E-state index in [1.54, 1.807) is 0 Å². The Bertz CT molecular complexity index is 69.3. The highest BCUT2D eigenvalue weighted by molar-refractivity contribution is 6.07. The molecule has 0 N–H and O–H groups in total. The van der Waals surface area contributed by atoms with Crippen molar-refractivity contribution in [3.63, 3.8) is 0 Å². The number of rotatable bonds is 4. The minimum atomic E-state index is 0.280. The van der Waals surface area contributed by atoms with Crippen LogP contribution in [0.4, 0.5) is 0 Å². The topological polar surface area (TPSA) is 9.23 Å². The van der Waals surface area contributed by atoms with E-state index in [-0.39, 0.29) is 5.41 Å². The number of hydrogen-bond donors (Lipinski definition) is 0. The first-order valence-corrected chi connectivity index (χ1v) is 3.73. The highest BCUT2D eigenvalue weighted by atomic mass is 35.5. The smallest absolute Gasteiger partial charge is 0.0736 e. The normalized spacial score (nSPS) is 12.0. The second kappa shape index (κ2) is 4.13. The van der Waals surface area contributed by atoms with Crippen molar-refractivity contribution in [1.82, 2.24) is 0 Å². The molecular weight excluding hydrogens is 136 g/mol. The third-order valence-corrected chi connectivity index (χ3v) is 2.22. The zero-order valence-electron chi connectivity index (χ0n) is 6.41. The quantitative estimate of drug-likeness (QED) is 0.599. The second-order valence-corrected chi connectivity index (χ2v) is 2.99. The van der Waals surface area contributed by atoms with Gasteiger partial charge >= 0.3 is 0 Å². The van der Waals surface area contributed by atoms with Crippen molar-refractivity contribution < 1.29 is 4.29 Å². The highest BCUT2D eigenvalue weighted by Crippen LogP contribution is 2.25. The van der Waals surface area contributed by atoms with Gasteiger partial charge in [-0.1, -0.05) is 20.8 Å². The lowest BCUT2D eigenvalue weighted by Gasteiger charge is -2.23. The molecule has 0 amide bonds. The Hall–Kier alpha value is 0.250. The van der Waals surface area contributed by atoms with Crippen LogP contribution in [0.5, 0.6) is 0 Å². The maximum absolute atomic E-state index is 5.14. The molecule has 0 spiro atoms. The molecule has 0 aliphatic heterocycles. The van der Waals surface area contributed by atoms with Gasteiger partial charge in [0.25, 0.3) is 0 Å². The van der Waals surface area contributed by atoms with Gasteiger partial charge in [-0.2, -0.15) is 0 Å². The minimum absolute atomic E-state index is 0.280. The molecule has 0 aromatic carbocycles. The summed E-state index contributed by atoms with van der Waals surface area (Å²) in [5, 5.41) is 0. The van der Waals surface area contributed by atoms with Crippen LogP contribution in [0, 0.1) is 5.41 Å². The van der Waals surface area contributed by atoms with Crippen molar-refractivity contribution in [2.24, 2.45) is 5.41 Å². The zero-order chi connectivity index (χ0) is 7.33. The van der Waals surface area contributed by atoms with E-state index in [0.717, 1.165) is 12.8 Å². The van der Waals surface area contributed by atoms with Crippen molar-refractivity contribution in [2.45, 2.75) is 33.6 Å². The SMILES string of the molecule is CCC(C)(CC)COCl. The molecule has 0 fully saturated rings. The standard InChI is InChI=1S/C7H15ClO/c1-4-7(3,5-2)6-9-8/h4-6H2,1-3H3. The van der Waals surface area contributed by atoms with Crippen molar-refractivity contribution in [3.8, 4) is 0 Å². The molecule has 1 nitrogen and oxygen atoms in total. The van der Waals surface area contributed by atoms with Crippen LogP contribution in [0.1, 0.15) is 33.6 Å². The lowest BCUT2D eigenvalue weighted by Crippen LogP contribution is -2.19. The Balaban J connectivity index is 3.62. The molecule has 0 aromatic heterocycles. The van der Waals surface area contributed by atoms with E-state index in [4.69, 9.17) is 11.9 Å². The predicted molar refractivity (Wildman–Crippen MR) is 40.5 cm³/mol. The molecule has 56 valence electrons. The minimum Gasteiger partial charge on any atom is -0.279 e. The van der Waals surface area contributed by atoms with Gasteiger partial charge in [0.1, 0.15) is 0 Å². The van der Waals surface area contributed by atoms with Crippen molar-refractivity contribution in [2.75, 3.05) is 6.61 Å². The van der Waals surface area contributed by atoms with Crippen LogP contribution in [0.15, 0.2) is 0 Å². The lowest BCUT2D eigenvalue weighted by molar-refractivity contribution is 0.163. The maximum atomic E-state index is 5.14. The molecule has 0 aliphatic rings. The van der Waals surface area contributed by atoms with Gasteiger partial charge in [0.15, 0.2) is 0 Å². The molecule has 0 radical (unpaired) electrons. The molecular formula is C7H15ClO. The Labute approximate surface area is 62.5 Å². The monoisotopic (exact) mass is 150 g/mol. The van der Waals surface area contributed by atoms with Gasteiger partial charge in [-0.25, -0.2) is 0 Å². The summed E-state index contributed by atoms with van der Waals surface area (Å²) >= 11 is 5.14. The van der Waals surface area contributed by atoms with E-state index in [1.807, 2.05) is 0 Å². The Kier molecular flexibility index (Phi) is 4.24. The fourth-order valence-corrected chi connectivity index (χ4v) is 0.849. The van der Waals surface area contributed by atoms with Gasteiger partial charge in [-0.3, -0.25) is 4.29 Å². The van der Waals surface area contributed by atoms with Crippen molar-refractivity contribution in [3.05, 3.63) is 0 Å². The molecule has 0 saturated carbocycles. The average molecular weight is 151 g/mol. The molecule has 0 atom stereocenters. The Morgan fingerprint density at radius 2 is 1.78 bits per heavy atom. The first-order valence-electron chi connectivity index (χ1n) is 3.42. The van der Waals surface area contributed by atoms with Crippen LogP contribution in [-0.4, -0.2) is 6.61 Å². The molecule has 0 saturated heterocycles. The van der Waals surface area contributed by atoms with Crippen LogP contribution in [0.25, 0.3) is 0 Å². The van der Waals surface area contributed by atoms with E-state index in [9.17, 15) is 0 Å². The van der Waals surface area contributed by atoms with Gasteiger partial charge in [0.05, 0.1) is 18.5 Å². The molecule has 0 rings (SSSR count). The van der Waals surface area contributed by atoms with Gasteiger partial charge in [-0.15, -0.1) is 0 Å². The summed E-state index contributed by atoms with van der Waals surface area (Å²) in [6.45, 7) is 7.13. The summed E-state index contributed by atoms with van der Waals surface area (Å²) < 4.78 is 4.56. The van der Waals surface area contributed by atoms with Gasteiger partial charge < -0.3 is 0 Å². The van der Waals surface area contributed by atoms with Crippen molar-refractivity contribution in [1.29, 1.82) is 0 Å². The highest BCUT2D eigenvalue weighted by Gasteiger charge is 2.19. The number of halogens is 1. The van der Waals surface area contributed by atoms with Crippen LogP contribution >= 0.6 is 11.9 Å². The molecule has 9 heavy (non-hydrogen) atoms. The molecule has 0 aliphatic carbocycles. The first-order chi connectivity index (χ1) is 4.18. The van der Waals surface area contributed by atoms with Gasteiger partial charge in [0.2, 0.25) is 0 Å². The molecule has 0 heterocycles. The summed E-state index contributed by atoms with van der Waals surface area (Å²) in [5.41, 5.74) is 0.280. The lowest BCUT2D eigenvalue weighted by atomic mass is 9.86. The van der Waals surface area contributed by atoms with Crippen LogP contribution < -0.4 is 0 Å². The molecule has 0 unspecified atom stereocenters. The summed E-state index contributed by atoms with van der Waals surface area (Å²) in [6.07, 6.45) is 2.24. The number of hydrogen-bond acceptors (Lipinski definition) is 1. The van der Waals surface area contributed by atoms with Crippen molar-refractivity contribution >= 4 is 11.9 Å². The molecule has 0 aromatic rings. The Morgan fingerprint density at radius 3 is 1.89 bits per heavy atom. The Morgan fingerprint density at radius 1 is 1.33 bits per heavy atom. The van der Waals surface area contributed by atoms with E-state index in [1.165, 1.54) is 0 Å². The van der Waals surface area contributed by atoms with Crippen LogP contribution in [0.3, 0.4) is 0 Å². The second-order valence-electron chi connectivity index (χ2n) is 2.77. The van der Waals surface area contributed by atoms with E-state index in [0.29, 0.717) is 6.61 Å². The molecule has 2 heteroatoms. The van der Waals surface area contributed by atoms with Gasteiger partial charge in [-0.05, 0) is 18.3 Å². The van der Waals surface area contributed by atoms with E-state index < -0.39 is 0 Å². The largest absolute Gasteiger partial charge is 0.279 e. The maximum Gasteiger partial charge on any atom is 0.0736 e. The molecule has 0 bridgehead atoms. The van der Waals surface area contributed by atoms with Crippen LogP contribution in [0.2, 0.25) is 0 Å². The summed E-state index contributed by atoms with van der Waals surface area (Å²) in [5.74, 6) is 0. The summed E-state index contributed by atoms with van der Waals surface area (Å²) in [6, 6.07) is 0. The average Bonchev–Trinajstić information content (AvgIpc) is 1.89. The first kappa shape index (κ1) is 9.25. The van der Waals surface area contributed by atoms with E-state index >= 15 is 0 Å².